The molecule has 2 rings (SSSR count). The molecule has 0 bridgehead atoms. The van der Waals surface area contributed by atoms with Crippen LogP contribution in [0.15, 0.2) is 18.2 Å². The second-order valence-electron chi connectivity index (χ2n) is 3.20. The van der Waals surface area contributed by atoms with Gasteiger partial charge in [-0.3, -0.25) is 0 Å². The average molecular weight is 195 g/mol. The van der Waals surface area contributed by atoms with Crippen LogP contribution in [-0.2, 0) is 0 Å². The molecule has 1 aliphatic heterocycles. The van der Waals surface area contributed by atoms with Gasteiger partial charge < -0.3 is 4.90 Å². The number of anilines is 1. The lowest BCUT2D eigenvalue weighted by atomic mass is 10.1. The lowest BCUT2D eigenvalue weighted by Gasteiger charge is -2.25. The number of nitrogens with zero attached hydrogens (tertiary/aromatic N) is 3. The third-order valence-electron chi connectivity index (χ3n) is 2.24. The van der Waals surface area contributed by atoms with E-state index in [1.807, 2.05) is 29.2 Å². The molecule has 3 nitrogen and oxygen atoms in total. The second kappa shape index (κ2) is 3.86. The first-order valence-corrected chi connectivity index (χ1v) is 4.61. The molecule has 0 aliphatic carbocycles. The van der Waals surface area contributed by atoms with Gasteiger partial charge in [0.15, 0.2) is 0 Å². The van der Waals surface area contributed by atoms with E-state index in [0.29, 0.717) is 12.2 Å². The van der Waals surface area contributed by atoms with E-state index in [9.17, 15) is 0 Å². The van der Waals surface area contributed by atoms with E-state index in [0.717, 1.165) is 17.9 Å². The minimum Gasteiger partial charge on any atom is -0.355 e. The Morgan fingerprint density at radius 3 is 3.13 bits per heavy atom. The summed E-state index contributed by atoms with van der Waals surface area (Å²) in [6.45, 7) is 1.36. The van der Waals surface area contributed by atoms with Crippen LogP contribution < -0.4 is 4.90 Å². The molecule has 0 spiro atoms. The Bertz CT molecular complexity index is 489. The molecule has 0 N–H and O–H groups in total. The molecule has 1 aliphatic rings. The summed E-state index contributed by atoms with van der Waals surface area (Å²) in [7, 11) is 0. The molecule has 3 heteroatoms. The van der Waals surface area contributed by atoms with Gasteiger partial charge in [0, 0.05) is 6.54 Å². The van der Waals surface area contributed by atoms with E-state index in [1.54, 1.807) is 6.07 Å². The lowest BCUT2D eigenvalue weighted by Crippen LogP contribution is -2.26. The van der Waals surface area contributed by atoms with Crippen molar-refractivity contribution in [3.63, 3.8) is 0 Å². The van der Waals surface area contributed by atoms with Gasteiger partial charge in [-0.15, -0.1) is 6.42 Å². The van der Waals surface area contributed by atoms with Gasteiger partial charge in [-0.05, 0) is 18.2 Å². The molecule has 0 aromatic carbocycles. The highest BCUT2D eigenvalue weighted by atomic mass is 15.1. The molecular formula is C12H9N3. The number of hydrogen-bond acceptors (Lipinski definition) is 3. The number of terminal acetylenes is 1. The molecule has 0 radical (unpaired) electrons. The van der Waals surface area contributed by atoms with Crippen LogP contribution in [0.4, 0.5) is 5.69 Å². The molecule has 0 saturated carbocycles. The number of pyridine rings is 1. The van der Waals surface area contributed by atoms with Gasteiger partial charge in [0.2, 0.25) is 0 Å². The molecule has 2 heterocycles. The van der Waals surface area contributed by atoms with Crippen molar-refractivity contribution in [3.05, 3.63) is 29.6 Å². The number of rotatable bonds is 1. The monoisotopic (exact) mass is 195 g/mol. The van der Waals surface area contributed by atoms with Crippen LogP contribution >= 0.6 is 0 Å². The highest BCUT2D eigenvalue weighted by Gasteiger charge is 2.13. The summed E-state index contributed by atoms with van der Waals surface area (Å²) >= 11 is 0. The smallest absolute Gasteiger partial charge is 0.141 e. The summed E-state index contributed by atoms with van der Waals surface area (Å²) < 4.78 is 0. The van der Waals surface area contributed by atoms with Crippen LogP contribution in [0.3, 0.4) is 0 Å². The molecule has 0 atom stereocenters. The third kappa shape index (κ3) is 1.68. The van der Waals surface area contributed by atoms with Gasteiger partial charge >= 0.3 is 0 Å². The first kappa shape index (κ1) is 9.30. The normalized spacial score (nSPS) is 12.8. The predicted octanol–water partition coefficient (Wildman–Crippen LogP) is 1.42. The van der Waals surface area contributed by atoms with Crippen molar-refractivity contribution >= 4 is 11.8 Å². The summed E-state index contributed by atoms with van der Waals surface area (Å²) in [6, 6.07) is 5.62. The van der Waals surface area contributed by atoms with Crippen molar-refractivity contribution in [1.82, 2.24) is 4.98 Å². The summed E-state index contributed by atoms with van der Waals surface area (Å²) in [5, 5.41) is 8.73. The number of aromatic nitrogens is 1. The number of hydrogen-bond donors (Lipinski definition) is 0. The average Bonchev–Trinajstić information content (AvgIpc) is 2.29. The van der Waals surface area contributed by atoms with Gasteiger partial charge in [0.05, 0.1) is 17.9 Å². The maximum atomic E-state index is 8.73. The van der Waals surface area contributed by atoms with Crippen LogP contribution in [0.1, 0.15) is 11.4 Å². The highest BCUT2D eigenvalue weighted by molar-refractivity contribution is 5.69. The van der Waals surface area contributed by atoms with E-state index < -0.39 is 0 Å². The lowest BCUT2D eigenvalue weighted by molar-refractivity contribution is 0.947. The topological polar surface area (TPSA) is 39.9 Å². The Morgan fingerprint density at radius 1 is 1.53 bits per heavy atom. The first-order valence-electron chi connectivity index (χ1n) is 4.61. The fraction of sp³-hybridized carbons (Fsp3) is 0.167. The van der Waals surface area contributed by atoms with Crippen molar-refractivity contribution in [2.24, 2.45) is 0 Å². The van der Waals surface area contributed by atoms with E-state index in [2.05, 4.69) is 10.9 Å². The summed E-state index contributed by atoms with van der Waals surface area (Å²) in [4.78, 5) is 6.25. The van der Waals surface area contributed by atoms with E-state index in [4.69, 9.17) is 11.7 Å². The minimum absolute atomic E-state index is 0.431. The maximum absolute atomic E-state index is 8.73. The van der Waals surface area contributed by atoms with Crippen molar-refractivity contribution in [2.75, 3.05) is 18.0 Å². The summed E-state index contributed by atoms with van der Waals surface area (Å²) in [6.07, 6.45) is 9.20. The zero-order chi connectivity index (χ0) is 10.7. The molecular weight excluding hydrogens is 186 g/mol. The first-order chi connectivity index (χ1) is 7.35. The van der Waals surface area contributed by atoms with Gasteiger partial charge in [0.1, 0.15) is 11.8 Å². The number of nitriles is 1. The maximum Gasteiger partial charge on any atom is 0.141 e. The van der Waals surface area contributed by atoms with Gasteiger partial charge in [-0.1, -0.05) is 12.0 Å². The van der Waals surface area contributed by atoms with Crippen molar-refractivity contribution in [3.8, 4) is 18.4 Å². The molecule has 0 unspecified atom stereocenters. The van der Waals surface area contributed by atoms with Crippen molar-refractivity contribution < 1.29 is 0 Å². The Kier molecular flexibility index (Phi) is 2.39. The molecule has 72 valence electrons. The second-order valence-corrected chi connectivity index (χ2v) is 3.20. The minimum atomic E-state index is 0.431. The van der Waals surface area contributed by atoms with Crippen molar-refractivity contribution in [2.45, 2.75) is 0 Å². The SMILES string of the molecule is C#CCN1CC=Cc2nc(C#N)ccc21. The zero-order valence-corrected chi connectivity index (χ0v) is 8.14. The van der Waals surface area contributed by atoms with E-state index in [-0.39, 0.29) is 0 Å². The standard InChI is InChI=1S/C12H9N3/c1-2-7-15-8-3-4-11-12(15)6-5-10(9-13)14-11/h1,3-6H,7-8H2. The zero-order valence-electron chi connectivity index (χ0n) is 8.14. The fourth-order valence-corrected chi connectivity index (χ4v) is 1.57. The van der Waals surface area contributed by atoms with Crippen LogP contribution in [0.5, 0.6) is 0 Å². The Hall–Kier alpha value is -2.26. The van der Waals surface area contributed by atoms with E-state index in [1.165, 1.54) is 0 Å². The fourth-order valence-electron chi connectivity index (χ4n) is 1.57. The van der Waals surface area contributed by atoms with Crippen LogP contribution in [-0.4, -0.2) is 18.1 Å². The molecule has 0 fully saturated rings. The number of fused-ring (bicyclic) bond motifs is 1. The molecule has 1 aromatic heterocycles. The Labute approximate surface area is 88.7 Å². The quantitative estimate of drug-likeness (QED) is 0.636. The van der Waals surface area contributed by atoms with Gasteiger partial charge in [0.25, 0.3) is 0 Å². The van der Waals surface area contributed by atoms with Crippen molar-refractivity contribution in [1.29, 1.82) is 5.26 Å². The largest absolute Gasteiger partial charge is 0.355 e. The van der Waals surface area contributed by atoms with Gasteiger partial charge in [-0.2, -0.15) is 5.26 Å². The molecule has 15 heavy (non-hydrogen) atoms. The Morgan fingerprint density at radius 2 is 2.40 bits per heavy atom. The van der Waals surface area contributed by atoms with Crippen LogP contribution in [0.2, 0.25) is 0 Å². The molecule has 0 amide bonds. The molecule has 0 saturated heterocycles. The van der Waals surface area contributed by atoms with Crippen LogP contribution in [0, 0.1) is 23.7 Å². The molecule has 1 aromatic rings. The summed E-state index contributed by atoms with van der Waals surface area (Å²) in [5.41, 5.74) is 2.24. The van der Waals surface area contributed by atoms with Gasteiger partial charge in [-0.25, -0.2) is 4.98 Å². The third-order valence-corrected chi connectivity index (χ3v) is 2.24. The predicted molar refractivity (Wildman–Crippen MR) is 59.0 cm³/mol. The Balaban J connectivity index is 2.43. The van der Waals surface area contributed by atoms with E-state index >= 15 is 0 Å². The van der Waals surface area contributed by atoms with Crippen LogP contribution in [0.25, 0.3) is 6.08 Å². The summed E-state index contributed by atoms with van der Waals surface area (Å²) in [5.74, 6) is 2.61. The highest BCUT2D eigenvalue weighted by Crippen LogP contribution is 2.23.